The minimum absolute atomic E-state index is 0.00770. The highest BCUT2D eigenvalue weighted by Crippen LogP contribution is 2.26. The fourth-order valence-electron chi connectivity index (χ4n) is 4.35. The highest BCUT2D eigenvalue weighted by atomic mass is 16.2. The van der Waals surface area contributed by atoms with E-state index >= 15 is 0 Å². The summed E-state index contributed by atoms with van der Waals surface area (Å²) in [5.74, 6) is 0.0809. The van der Waals surface area contributed by atoms with Crippen LogP contribution in [-0.4, -0.2) is 64.7 Å². The number of fused-ring (bicyclic) bond motifs is 3. The van der Waals surface area contributed by atoms with Gasteiger partial charge in [0.25, 0.3) is 0 Å². The summed E-state index contributed by atoms with van der Waals surface area (Å²) in [6.45, 7) is 5.48. The molecule has 0 atom stereocenters. The van der Waals surface area contributed by atoms with Crippen LogP contribution in [0.5, 0.6) is 0 Å². The third-order valence-corrected chi connectivity index (χ3v) is 6.49. The molecule has 1 N–H and O–H groups in total. The number of amides is 1. The number of carbonyl (C=O) groups excluding carboxylic acids is 2. The Balaban J connectivity index is 1.42. The van der Waals surface area contributed by atoms with Crippen LogP contribution in [0.1, 0.15) is 61.5 Å². The number of rotatable bonds is 9. The van der Waals surface area contributed by atoms with Gasteiger partial charge in [0.05, 0.1) is 5.69 Å². The zero-order valence-corrected chi connectivity index (χ0v) is 19.8. The Kier molecular flexibility index (Phi) is 7.55. The molecule has 0 aliphatic carbocycles. The summed E-state index contributed by atoms with van der Waals surface area (Å²) in [5.41, 5.74) is 3.38. The minimum Gasteiger partial charge on any atom is -0.340 e. The van der Waals surface area contributed by atoms with Gasteiger partial charge in [0, 0.05) is 60.9 Å². The van der Waals surface area contributed by atoms with Gasteiger partial charge in [0.15, 0.2) is 5.78 Å². The number of pyridine rings is 1. The molecule has 6 nitrogen and oxygen atoms in total. The fraction of sp³-hybridized carbons (Fsp3) is 0.444. The maximum atomic E-state index is 12.8. The van der Waals surface area contributed by atoms with Crippen molar-refractivity contribution >= 4 is 39.7 Å². The van der Waals surface area contributed by atoms with Gasteiger partial charge in [0.1, 0.15) is 5.65 Å². The summed E-state index contributed by atoms with van der Waals surface area (Å²) in [4.78, 5) is 37.5. The number of ketones is 1. The topological polar surface area (TPSA) is 69.3 Å². The molecule has 6 heteroatoms. The Hall–Kier alpha value is -2.99. The molecule has 1 aliphatic rings. The van der Waals surface area contributed by atoms with Crippen LogP contribution in [0.15, 0.2) is 36.4 Å². The van der Waals surface area contributed by atoms with Crippen molar-refractivity contribution in [2.24, 2.45) is 0 Å². The zero-order valence-electron chi connectivity index (χ0n) is 19.8. The molecule has 174 valence electrons. The molecule has 33 heavy (non-hydrogen) atoms. The van der Waals surface area contributed by atoms with Crippen LogP contribution in [0, 0.1) is 0 Å². The first-order valence-corrected chi connectivity index (χ1v) is 12.1. The lowest BCUT2D eigenvalue weighted by Gasteiger charge is -2.32. The predicted molar refractivity (Wildman–Crippen MR) is 134 cm³/mol. The number of Topliss-reactive ketones (excluding diaryl/α,β-unsaturated/α-hetero) is 1. The third kappa shape index (κ3) is 5.69. The summed E-state index contributed by atoms with van der Waals surface area (Å²) in [6, 6.07) is 9.80. The minimum atomic E-state index is 0.00770. The highest BCUT2D eigenvalue weighted by Gasteiger charge is 2.20. The van der Waals surface area contributed by atoms with E-state index in [4.69, 9.17) is 4.98 Å². The fourth-order valence-corrected chi connectivity index (χ4v) is 4.35. The number of likely N-dealkylation sites (N-methyl/N-ethyl adjacent to an activating group) is 1. The number of aromatic amines is 1. The largest absolute Gasteiger partial charge is 0.340 e. The predicted octanol–water partition coefficient (Wildman–Crippen LogP) is 5.05. The van der Waals surface area contributed by atoms with Gasteiger partial charge in [-0.3, -0.25) is 9.59 Å². The molecular weight excluding hydrogens is 412 g/mol. The lowest BCUT2D eigenvalue weighted by Crippen LogP contribution is -2.47. The van der Waals surface area contributed by atoms with Gasteiger partial charge in [-0.1, -0.05) is 25.8 Å². The number of allylic oxidation sites excluding steroid dienone is 1. The van der Waals surface area contributed by atoms with E-state index in [-0.39, 0.29) is 24.5 Å². The van der Waals surface area contributed by atoms with E-state index in [0.717, 1.165) is 60.2 Å². The van der Waals surface area contributed by atoms with Gasteiger partial charge in [-0.25, -0.2) is 4.98 Å². The molecule has 1 aliphatic heterocycles. The summed E-state index contributed by atoms with van der Waals surface area (Å²) in [6.07, 6.45) is 9.53. The number of hydrogen-bond donors (Lipinski definition) is 1. The highest BCUT2D eigenvalue weighted by molar-refractivity contribution is 6.09. The van der Waals surface area contributed by atoms with Crippen LogP contribution in [0.2, 0.25) is 0 Å². The van der Waals surface area contributed by atoms with E-state index in [1.54, 1.807) is 0 Å². The summed E-state index contributed by atoms with van der Waals surface area (Å²) >= 11 is 0. The monoisotopic (exact) mass is 446 g/mol. The summed E-state index contributed by atoms with van der Waals surface area (Å²) in [5, 5.41) is 2.00. The Morgan fingerprint density at radius 1 is 1.03 bits per heavy atom. The lowest BCUT2D eigenvalue weighted by molar-refractivity contribution is -0.132. The number of benzene rings is 1. The molecule has 4 rings (SSSR count). The van der Waals surface area contributed by atoms with Gasteiger partial charge >= 0.3 is 0 Å². The molecule has 2 aromatic heterocycles. The van der Waals surface area contributed by atoms with Crippen molar-refractivity contribution in [1.29, 1.82) is 0 Å². The number of hydrogen-bond acceptors (Lipinski definition) is 4. The Bertz CT molecular complexity index is 1160. The molecular formula is C27H34N4O2. The first-order valence-electron chi connectivity index (χ1n) is 12.1. The number of carbonyl (C=O) groups is 2. The molecule has 0 unspecified atom stereocenters. The van der Waals surface area contributed by atoms with Crippen molar-refractivity contribution in [3.05, 3.63) is 47.7 Å². The van der Waals surface area contributed by atoms with Gasteiger partial charge < -0.3 is 14.8 Å². The van der Waals surface area contributed by atoms with Crippen molar-refractivity contribution in [2.75, 3.05) is 33.2 Å². The van der Waals surface area contributed by atoms with Crippen LogP contribution in [0.4, 0.5) is 0 Å². The number of aromatic nitrogens is 2. The van der Waals surface area contributed by atoms with E-state index in [1.807, 2.05) is 29.2 Å². The van der Waals surface area contributed by atoms with Crippen molar-refractivity contribution in [2.45, 2.75) is 45.4 Å². The Labute approximate surface area is 195 Å². The van der Waals surface area contributed by atoms with Crippen molar-refractivity contribution < 1.29 is 9.59 Å². The van der Waals surface area contributed by atoms with E-state index in [0.29, 0.717) is 5.56 Å². The second-order valence-electron chi connectivity index (χ2n) is 9.02. The van der Waals surface area contributed by atoms with E-state index in [2.05, 4.69) is 42.1 Å². The number of nitrogens with zero attached hydrogens (tertiary/aromatic N) is 3. The van der Waals surface area contributed by atoms with E-state index in [1.165, 1.54) is 19.3 Å². The van der Waals surface area contributed by atoms with Crippen molar-refractivity contribution in [3.8, 4) is 0 Å². The van der Waals surface area contributed by atoms with E-state index in [9.17, 15) is 9.59 Å². The normalized spacial score (nSPS) is 15.2. The van der Waals surface area contributed by atoms with Crippen LogP contribution in [0.25, 0.3) is 28.0 Å². The van der Waals surface area contributed by atoms with Gasteiger partial charge in [-0.15, -0.1) is 0 Å². The average Bonchev–Trinajstić information content (AvgIpc) is 3.19. The zero-order chi connectivity index (χ0) is 23.2. The number of piperazine rings is 1. The van der Waals surface area contributed by atoms with Crippen molar-refractivity contribution in [1.82, 2.24) is 19.8 Å². The van der Waals surface area contributed by atoms with Gasteiger partial charge in [0.2, 0.25) is 5.91 Å². The van der Waals surface area contributed by atoms with Gasteiger partial charge in [-0.2, -0.15) is 0 Å². The number of nitrogens with one attached hydrogen (secondary N) is 1. The molecule has 3 aromatic rings. The standard InChI is InChI=1S/C27H34N4O2/c1-3-4-5-6-7-8-21-10-11-22-23-19-20(9-12-24(23)29-27(22)28-21)25(32)13-14-26(33)31-17-15-30(2)16-18-31/h7-12,19H,3-6,13-18H2,1-2H3,(H,28,29). The molecule has 3 heterocycles. The third-order valence-electron chi connectivity index (χ3n) is 6.49. The Morgan fingerprint density at radius 3 is 2.64 bits per heavy atom. The first-order chi connectivity index (χ1) is 16.0. The lowest BCUT2D eigenvalue weighted by atomic mass is 10.0. The quantitative estimate of drug-likeness (QED) is 0.369. The Morgan fingerprint density at radius 2 is 1.85 bits per heavy atom. The van der Waals surface area contributed by atoms with Crippen LogP contribution < -0.4 is 0 Å². The molecule has 0 bridgehead atoms. The van der Waals surface area contributed by atoms with Crippen LogP contribution >= 0.6 is 0 Å². The summed E-state index contributed by atoms with van der Waals surface area (Å²) in [7, 11) is 2.06. The molecule has 1 aromatic carbocycles. The second-order valence-corrected chi connectivity index (χ2v) is 9.02. The maximum absolute atomic E-state index is 12.8. The molecule has 0 saturated carbocycles. The van der Waals surface area contributed by atoms with Gasteiger partial charge in [-0.05, 0) is 56.3 Å². The molecule has 0 spiro atoms. The SMILES string of the molecule is CCCCCC=Cc1ccc2c(n1)[nH]c1ccc(C(=O)CCC(=O)N3CCN(C)CC3)cc12. The molecule has 1 saturated heterocycles. The molecule has 1 amide bonds. The smallest absolute Gasteiger partial charge is 0.223 e. The molecule has 0 radical (unpaired) electrons. The number of H-pyrrole nitrogens is 1. The summed E-state index contributed by atoms with van der Waals surface area (Å²) < 4.78 is 0. The number of unbranched alkanes of at least 4 members (excludes halogenated alkanes) is 3. The van der Waals surface area contributed by atoms with Crippen LogP contribution in [0.3, 0.4) is 0 Å². The first kappa shape index (κ1) is 23.2. The maximum Gasteiger partial charge on any atom is 0.223 e. The average molecular weight is 447 g/mol. The molecule has 1 fully saturated rings. The van der Waals surface area contributed by atoms with Crippen molar-refractivity contribution in [3.63, 3.8) is 0 Å². The second kappa shape index (κ2) is 10.8. The van der Waals surface area contributed by atoms with Crippen LogP contribution in [-0.2, 0) is 4.79 Å². The van der Waals surface area contributed by atoms with E-state index < -0.39 is 0 Å².